The van der Waals surface area contributed by atoms with Gasteiger partial charge in [-0.05, 0) is 18.9 Å². The van der Waals surface area contributed by atoms with Crippen LogP contribution in [0.4, 0.5) is 17.3 Å². The van der Waals surface area contributed by atoms with Gasteiger partial charge in [0.1, 0.15) is 5.82 Å². The van der Waals surface area contributed by atoms with Gasteiger partial charge in [-0.2, -0.15) is 0 Å². The van der Waals surface area contributed by atoms with Crippen LogP contribution in [0.2, 0.25) is 0 Å². The summed E-state index contributed by atoms with van der Waals surface area (Å²) in [5.74, 6) is 1.55. The van der Waals surface area contributed by atoms with Crippen molar-refractivity contribution in [2.75, 3.05) is 30.4 Å². The van der Waals surface area contributed by atoms with Crippen molar-refractivity contribution in [3.05, 3.63) is 22.2 Å². The highest BCUT2D eigenvalue weighted by atomic mass is 16.6. The van der Waals surface area contributed by atoms with E-state index in [1.807, 2.05) is 18.9 Å². The molecule has 0 fully saturated rings. The highest BCUT2D eigenvalue weighted by molar-refractivity contribution is 5.61. The third-order valence-corrected chi connectivity index (χ3v) is 3.05. The van der Waals surface area contributed by atoms with Gasteiger partial charge < -0.3 is 10.2 Å². The summed E-state index contributed by atoms with van der Waals surface area (Å²) in [6.07, 6.45) is 1.03. The Kier molecular flexibility index (Phi) is 5.54. The van der Waals surface area contributed by atoms with E-state index in [1.54, 1.807) is 6.07 Å². The van der Waals surface area contributed by atoms with E-state index in [9.17, 15) is 10.1 Å². The summed E-state index contributed by atoms with van der Waals surface area (Å²) in [4.78, 5) is 16.9. The average molecular weight is 266 g/mol. The predicted octanol–water partition coefficient (Wildman–Crippen LogP) is 2.90. The lowest BCUT2D eigenvalue weighted by molar-refractivity contribution is -0.384. The molecular formula is C13H22N4O2. The van der Waals surface area contributed by atoms with Gasteiger partial charge in [0.25, 0.3) is 0 Å². The number of pyridine rings is 1. The van der Waals surface area contributed by atoms with E-state index in [4.69, 9.17) is 0 Å². The summed E-state index contributed by atoms with van der Waals surface area (Å²) in [7, 11) is 1.84. The number of hydrogen-bond donors (Lipinski definition) is 1. The summed E-state index contributed by atoms with van der Waals surface area (Å²) in [6.45, 7) is 7.68. The van der Waals surface area contributed by atoms with Crippen LogP contribution in [0.1, 0.15) is 27.2 Å². The molecule has 0 radical (unpaired) electrons. The molecule has 0 aliphatic heterocycles. The predicted molar refractivity (Wildman–Crippen MR) is 77.8 cm³/mol. The Morgan fingerprint density at radius 3 is 2.68 bits per heavy atom. The van der Waals surface area contributed by atoms with Gasteiger partial charge in [0.05, 0.1) is 4.92 Å². The minimum absolute atomic E-state index is 0.0486. The van der Waals surface area contributed by atoms with Gasteiger partial charge in [-0.25, -0.2) is 4.98 Å². The van der Waals surface area contributed by atoms with Gasteiger partial charge in [-0.1, -0.05) is 20.3 Å². The fraction of sp³-hybridized carbons (Fsp3) is 0.615. The number of hydrogen-bond acceptors (Lipinski definition) is 5. The first-order valence-corrected chi connectivity index (χ1v) is 6.60. The van der Waals surface area contributed by atoms with Crippen molar-refractivity contribution < 1.29 is 4.92 Å². The molecule has 0 amide bonds. The molecular weight excluding hydrogens is 244 g/mol. The minimum Gasteiger partial charge on any atom is -0.370 e. The molecule has 106 valence electrons. The second-order valence-electron chi connectivity index (χ2n) is 4.72. The highest BCUT2D eigenvalue weighted by Crippen LogP contribution is 2.27. The topological polar surface area (TPSA) is 71.3 Å². The smallest absolute Gasteiger partial charge is 0.311 e. The Balaban J connectivity index is 3.05. The summed E-state index contributed by atoms with van der Waals surface area (Å²) >= 11 is 0. The molecule has 0 aliphatic rings. The van der Waals surface area contributed by atoms with Gasteiger partial charge in [-0.15, -0.1) is 0 Å². The van der Waals surface area contributed by atoms with Gasteiger partial charge in [0.2, 0.25) is 5.82 Å². The van der Waals surface area contributed by atoms with Gasteiger partial charge in [0, 0.05) is 26.2 Å². The van der Waals surface area contributed by atoms with Gasteiger partial charge >= 0.3 is 5.69 Å². The maximum absolute atomic E-state index is 11.1. The third-order valence-electron chi connectivity index (χ3n) is 3.05. The van der Waals surface area contributed by atoms with E-state index in [-0.39, 0.29) is 10.6 Å². The summed E-state index contributed by atoms with van der Waals surface area (Å²) in [6, 6.07) is 3.15. The summed E-state index contributed by atoms with van der Waals surface area (Å²) in [5.41, 5.74) is 0.0486. The quantitative estimate of drug-likeness (QED) is 0.607. The van der Waals surface area contributed by atoms with Crippen LogP contribution in [0, 0.1) is 16.0 Å². The zero-order valence-corrected chi connectivity index (χ0v) is 12.0. The molecule has 1 N–H and O–H groups in total. The van der Waals surface area contributed by atoms with Crippen molar-refractivity contribution in [2.45, 2.75) is 27.2 Å². The molecule has 19 heavy (non-hydrogen) atoms. The van der Waals surface area contributed by atoms with E-state index in [2.05, 4.69) is 24.1 Å². The lowest BCUT2D eigenvalue weighted by Crippen LogP contribution is -2.25. The van der Waals surface area contributed by atoms with Crippen molar-refractivity contribution >= 4 is 17.3 Å². The number of aromatic nitrogens is 1. The van der Waals surface area contributed by atoms with Crippen LogP contribution in [0.15, 0.2) is 12.1 Å². The second-order valence-corrected chi connectivity index (χ2v) is 4.72. The van der Waals surface area contributed by atoms with Crippen molar-refractivity contribution in [1.82, 2.24) is 4.98 Å². The lowest BCUT2D eigenvalue weighted by atomic mass is 10.1. The Labute approximate surface area is 114 Å². The van der Waals surface area contributed by atoms with Crippen molar-refractivity contribution in [1.29, 1.82) is 0 Å². The number of anilines is 2. The zero-order chi connectivity index (χ0) is 14.4. The van der Waals surface area contributed by atoms with Crippen molar-refractivity contribution in [2.24, 2.45) is 5.92 Å². The third kappa shape index (κ3) is 4.08. The minimum atomic E-state index is -0.384. The molecule has 0 aromatic carbocycles. The first-order chi connectivity index (χ1) is 8.99. The zero-order valence-electron chi connectivity index (χ0n) is 12.0. The van der Waals surface area contributed by atoms with Crippen LogP contribution in [-0.2, 0) is 0 Å². The number of nitro groups is 1. The molecule has 1 unspecified atom stereocenters. The summed E-state index contributed by atoms with van der Waals surface area (Å²) in [5, 5.41) is 14.1. The standard InChI is InChI=1S/C13H22N4O2/c1-5-10(3)9-16(4)13-11(17(18)19)7-8-12(15-13)14-6-2/h7-8,10H,5-6,9H2,1-4H3,(H,14,15). The van der Waals surface area contributed by atoms with Crippen LogP contribution in [0.25, 0.3) is 0 Å². The van der Waals surface area contributed by atoms with E-state index < -0.39 is 0 Å². The molecule has 6 nitrogen and oxygen atoms in total. The molecule has 1 heterocycles. The first kappa shape index (κ1) is 15.2. The normalized spacial score (nSPS) is 12.0. The van der Waals surface area contributed by atoms with E-state index >= 15 is 0 Å². The Bertz CT molecular complexity index is 437. The van der Waals surface area contributed by atoms with Crippen LogP contribution < -0.4 is 10.2 Å². The largest absolute Gasteiger partial charge is 0.370 e. The second kappa shape index (κ2) is 6.92. The van der Waals surface area contributed by atoms with Crippen molar-refractivity contribution in [3.8, 4) is 0 Å². The SMILES string of the molecule is CCNc1ccc([N+](=O)[O-])c(N(C)CC(C)CC)n1. The highest BCUT2D eigenvalue weighted by Gasteiger charge is 2.20. The van der Waals surface area contributed by atoms with Gasteiger partial charge in [0.15, 0.2) is 0 Å². The number of rotatable bonds is 7. The molecule has 0 aliphatic carbocycles. The van der Waals surface area contributed by atoms with E-state index in [1.165, 1.54) is 6.07 Å². The molecule has 0 spiro atoms. The van der Waals surface area contributed by atoms with Crippen LogP contribution in [0.3, 0.4) is 0 Å². The maximum atomic E-state index is 11.1. The molecule has 0 saturated heterocycles. The van der Waals surface area contributed by atoms with Crippen LogP contribution in [0.5, 0.6) is 0 Å². The first-order valence-electron chi connectivity index (χ1n) is 6.60. The Morgan fingerprint density at radius 2 is 2.16 bits per heavy atom. The molecule has 0 saturated carbocycles. The Morgan fingerprint density at radius 1 is 1.47 bits per heavy atom. The van der Waals surface area contributed by atoms with E-state index in [0.717, 1.165) is 19.5 Å². The van der Waals surface area contributed by atoms with Gasteiger partial charge in [-0.3, -0.25) is 10.1 Å². The molecule has 6 heteroatoms. The maximum Gasteiger partial charge on any atom is 0.311 e. The molecule has 1 aromatic heterocycles. The lowest BCUT2D eigenvalue weighted by Gasteiger charge is -2.22. The number of nitrogens with zero attached hydrogens (tertiary/aromatic N) is 3. The average Bonchev–Trinajstić information content (AvgIpc) is 2.38. The van der Waals surface area contributed by atoms with Crippen LogP contribution in [-0.4, -0.2) is 30.0 Å². The molecule has 1 atom stereocenters. The Hall–Kier alpha value is -1.85. The van der Waals surface area contributed by atoms with Crippen molar-refractivity contribution in [3.63, 3.8) is 0 Å². The van der Waals surface area contributed by atoms with Crippen LogP contribution >= 0.6 is 0 Å². The molecule has 0 bridgehead atoms. The fourth-order valence-electron chi connectivity index (χ4n) is 1.83. The number of nitrogens with one attached hydrogen (secondary N) is 1. The summed E-state index contributed by atoms with van der Waals surface area (Å²) < 4.78 is 0. The fourth-order valence-corrected chi connectivity index (χ4v) is 1.83. The molecule has 1 rings (SSSR count). The monoisotopic (exact) mass is 266 g/mol. The molecule has 1 aromatic rings. The van der Waals surface area contributed by atoms with E-state index in [0.29, 0.717) is 17.6 Å².